The molecule has 1 heterocycles. The van der Waals surface area contributed by atoms with Crippen LogP contribution < -0.4 is 15.8 Å². The van der Waals surface area contributed by atoms with Crippen molar-refractivity contribution in [3.8, 4) is 5.75 Å². The molecule has 1 atom stereocenters. The fourth-order valence-electron chi connectivity index (χ4n) is 1.76. The van der Waals surface area contributed by atoms with Crippen molar-refractivity contribution >= 4 is 29.0 Å². The zero-order valence-electron chi connectivity index (χ0n) is 12.2. The number of benzene rings is 1. The quantitative estimate of drug-likeness (QED) is 0.653. The lowest BCUT2D eigenvalue weighted by atomic mass is 10.2. The molecule has 1 unspecified atom stereocenters. The van der Waals surface area contributed by atoms with Crippen molar-refractivity contribution in [1.82, 2.24) is 9.78 Å². The molecule has 112 valence electrons. The second-order valence-electron chi connectivity index (χ2n) is 4.56. The van der Waals surface area contributed by atoms with Crippen molar-refractivity contribution in [3.63, 3.8) is 0 Å². The van der Waals surface area contributed by atoms with Gasteiger partial charge in [-0.25, -0.2) is 0 Å². The highest BCUT2D eigenvalue weighted by Crippen LogP contribution is 2.28. The zero-order chi connectivity index (χ0) is 15.4. The summed E-state index contributed by atoms with van der Waals surface area (Å²) in [5.74, 6) is 0.439. The molecule has 0 fully saturated rings. The minimum atomic E-state index is -0.253. The fraction of sp³-hybridized carbons (Fsp3) is 0.286. The monoisotopic (exact) mass is 306 g/mol. The topological polar surface area (TPSA) is 82.2 Å². The first-order valence-electron chi connectivity index (χ1n) is 6.39. The highest BCUT2D eigenvalue weighted by atomic mass is 32.2. The van der Waals surface area contributed by atoms with E-state index in [0.717, 1.165) is 4.90 Å². The summed E-state index contributed by atoms with van der Waals surface area (Å²) >= 11 is 1.45. The zero-order valence-corrected chi connectivity index (χ0v) is 13.0. The van der Waals surface area contributed by atoms with Gasteiger partial charge in [0.05, 0.1) is 24.2 Å². The number of amides is 1. The molecule has 2 rings (SSSR count). The van der Waals surface area contributed by atoms with Gasteiger partial charge >= 0.3 is 0 Å². The van der Waals surface area contributed by atoms with Crippen molar-refractivity contribution in [3.05, 3.63) is 30.6 Å². The third-order valence-electron chi connectivity index (χ3n) is 2.85. The van der Waals surface area contributed by atoms with Gasteiger partial charge < -0.3 is 15.8 Å². The van der Waals surface area contributed by atoms with E-state index in [1.807, 2.05) is 20.2 Å². The maximum absolute atomic E-state index is 12.2. The summed E-state index contributed by atoms with van der Waals surface area (Å²) in [5.41, 5.74) is 6.88. The smallest absolute Gasteiger partial charge is 0.237 e. The Bertz CT molecular complexity index is 642. The van der Waals surface area contributed by atoms with Crippen LogP contribution in [0.3, 0.4) is 0 Å². The molecule has 0 saturated heterocycles. The van der Waals surface area contributed by atoms with Gasteiger partial charge in [-0.1, -0.05) is 0 Å². The molecule has 1 amide bonds. The Balaban J connectivity index is 2.03. The maximum atomic E-state index is 12.2. The van der Waals surface area contributed by atoms with Crippen molar-refractivity contribution in [2.24, 2.45) is 7.05 Å². The molecule has 1 aromatic carbocycles. The minimum absolute atomic E-state index is 0.105. The lowest BCUT2D eigenvalue weighted by Crippen LogP contribution is -2.22. The maximum Gasteiger partial charge on any atom is 0.237 e. The summed E-state index contributed by atoms with van der Waals surface area (Å²) in [7, 11) is 3.38. The van der Waals surface area contributed by atoms with Gasteiger partial charge in [0, 0.05) is 29.9 Å². The van der Waals surface area contributed by atoms with Crippen molar-refractivity contribution in [2.45, 2.75) is 17.1 Å². The third kappa shape index (κ3) is 3.91. The number of hydrogen-bond acceptors (Lipinski definition) is 5. The second-order valence-corrected chi connectivity index (χ2v) is 5.97. The predicted molar refractivity (Wildman–Crippen MR) is 84.6 cm³/mol. The summed E-state index contributed by atoms with van der Waals surface area (Å²) in [4.78, 5) is 13.2. The molecule has 0 bridgehead atoms. The Kier molecular flexibility index (Phi) is 4.74. The first-order valence-corrected chi connectivity index (χ1v) is 7.27. The number of ether oxygens (including phenoxy) is 1. The summed E-state index contributed by atoms with van der Waals surface area (Å²) in [6.45, 7) is 1.84. The number of methoxy groups -OCH3 is 1. The van der Waals surface area contributed by atoms with Crippen molar-refractivity contribution < 1.29 is 9.53 Å². The van der Waals surface area contributed by atoms with Crippen LogP contribution in [0.5, 0.6) is 5.75 Å². The van der Waals surface area contributed by atoms with Gasteiger partial charge in [0.15, 0.2) is 0 Å². The molecule has 7 heteroatoms. The summed E-state index contributed by atoms with van der Waals surface area (Å²) in [6.07, 6.45) is 3.61. The average molecular weight is 306 g/mol. The number of anilines is 2. The van der Waals surface area contributed by atoms with E-state index in [0.29, 0.717) is 17.1 Å². The summed E-state index contributed by atoms with van der Waals surface area (Å²) in [5, 5.41) is 6.67. The van der Waals surface area contributed by atoms with Crippen molar-refractivity contribution in [2.75, 3.05) is 18.2 Å². The first-order chi connectivity index (χ1) is 9.99. The van der Waals surface area contributed by atoms with Crippen molar-refractivity contribution in [1.29, 1.82) is 0 Å². The Labute approximate surface area is 127 Å². The highest BCUT2D eigenvalue weighted by molar-refractivity contribution is 8.00. The molecule has 21 heavy (non-hydrogen) atoms. The van der Waals surface area contributed by atoms with Crippen LogP contribution in [0.2, 0.25) is 0 Å². The van der Waals surface area contributed by atoms with Crippen LogP contribution in [0, 0.1) is 0 Å². The molecule has 0 aliphatic rings. The molecule has 0 saturated carbocycles. The molecule has 0 spiro atoms. The highest BCUT2D eigenvalue weighted by Gasteiger charge is 2.17. The van der Waals surface area contributed by atoms with Gasteiger partial charge in [-0.15, -0.1) is 11.8 Å². The largest absolute Gasteiger partial charge is 0.494 e. The number of thioether (sulfide) groups is 1. The SMILES string of the molecule is COc1cc(N)ccc1NC(=O)C(C)Sc1cnn(C)c1. The van der Waals surface area contributed by atoms with Crippen LogP contribution >= 0.6 is 11.8 Å². The summed E-state index contributed by atoms with van der Waals surface area (Å²) in [6, 6.07) is 5.12. The number of rotatable bonds is 5. The van der Waals surface area contributed by atoms with E-state index < -0.39 is 0 Å². The lowest BCUT2D eigenvalue weighted by Gasteiger charge is -2.14. The number of nitrogen functional groups attached to an aromatic ring is 1. The molecule has 1 aromatic heterocycles. The summed E-state index contributed by atoms with van der Waals surface area (Å²) < 4.78 is 6.92. The van der Waals surface area contributed by atoms with E-state index in [1.165, 1.54) is 18.9 Å². The minimum Gasteiger partial charge on any atom is -0.494 e. The number of carbonyl (C=O) groups is 1. The molecule has 3 N–H and O–H groups in total. The van der Waals surface area contributed by atoms with Gasteiger partial charge in [0.1, 0.15) is 5.75 Å². The fourth-order valence-corrected chi connectivity index (χ4v) is 2.66. The van der Waals surface area contributed by atoms with Crippen LogP contribution in [-0.2, 0) is 11.8 Å². The molecule has 0 aliphatic heterocycles. The molecular formula is C14H18N4O2S. The molecule has 0 radical (unpaired) electrons. The van der Waals surface area contributed by atoms with E-state index in [-0.39, 0.29) is 11.2 Å². The first kappa shape index (κ1) is 15.2. The van der Waals surface area contributed by atoms with Crippen LogP contribution in [-0.4, -0.2) is 28.0 Å². The number of nitrogens with one attached hydrogen (secondary N) is 1. The molecule has 0 aliphatic carbocycles. The standard InChI is InChI=1S/C14H18N4O2S/c1-9(21-11-7-16-18(2)8-11)14(19)17-12-5-4-10(15)6-13(12)20-3/h4-9H,15H2,1-3H3,(H,17,19). The molecule has 6 nitrogen and oxygen atoms in total. The van der Waals surface area contributed by atoms with Gasteiger partial charge in [-0.3, -0.25) is 9.48 Å². The number of nitrogens with zero attached hydrogens (tertiary/aromatic N) is 2. The van der Waals surface area contributed by atoms with E-state index in [4.69, 9.17) is 10.5 Å². The van der Waals surface area contributed by atoms with Crippen LogP contribution in [0.25, 0.3) is 0 Å². The van der Waals surface area contributed by atoms with Gasteiger partial charge in [0.2, 0.25) is 5.91 Å². The number of aryl methyl sites for hydroxylation is 1. The third-order valence-corrected chi connectivity index (χ3v) is 3.90. The van der Waals surface area contributed by atoms with Crippen LogP contribution in [0.15, 0.2) is 35.5 Å². The number of aromatic nitrogens is 2. The van der Waals surface area contributed by atoms with Gasteiger partial charge in [-0.05, 0) is 19.1 Å². The average Bonchev–Trinajstić information content (AvgIpc) is 2.85. The van der Waals surface area contributed by atoms with E-state index in [9.17, 15) is 4.79 Å². The Morgan fingerprint density at radius 1 is 1.52 bits per heavy atom. The Hall–Kier alpha value is -2.15. The lowest BCUT2D eigenvalue weighted by molar-refractivity contribution is -0.115. The molecule has 2 aromatic rings. The van der Waals surface area contributed by atoms with Gasteiger partial charge in [-0.2, -0.15) is 5.10 Å². The Morgan fingerprint density at radius 2 is 2.29 bits per heavy atom. The van der Waals surface area contributed by atoms with Gasteiger partial charge in [0.25, 0.3) is 0 Å². The second kappa shape index (κ2) is 6.53. The van der Waals surface area contributed by atoms with E-state index in [2.05, 4.69) is 10.4 Å². The predicted octanol–water partition coefficient (Wildman–Crippen LogP) is 2.13. The van der Waals surface area contributed by atoms with Crippen LogP contribution in [0.1, 0.15) is 6.92 Å². The van der Waals surface area contributed by atoms with E-state index >= 15 is 0 Å². The number of carbonyl (C=O) groups excluding carboxylic acids is 1. The number of nitrogens with two attached hydrogens (primary N) is 1. The Morgan fingerprint density at radius 3 is 2.90 bits per heavy atom. The molecular weight excluding hydrogens is 288 g/mol. The van der Waals surface area contributed by atoms with E-state index in [1.54, 1.807) is 29.1 Å². The van der Waals surface area contributed by atoms with Crippen LogP contribution in [0.4, 0.5) is 11.4 Å². The normalized spacial score (nSPS) is 12.0. The number of hydrogen-bond donors (Lipinski definition) is 2.